The van der Waals surface area contributed by atoms with Crippen LogP contribution in [0.4, 0.5) is 5.69 Å². The van der Waals surface area contributed by atoms with E-state index in [2.05, 4.69) is 5.32 Å². The quantitative estimate of drug-likeness (QED) is 0.599. The number of esters is 1. The molecule has 0 fully saturated rings. The monoisotopic (exact) mass is 365 g/mol. The number of nitriles is 1. The predicted octanol–water partition coefficient (Wildman–Crippen LogP) is 2.15. The third-order valence-electron chi connectivity index (χ3n) is 3.72. The molecule has 27 heavy (non-hydrogen) atoms. The highest BCUT2D eigenvalue weighted by molar-refractivity contribution is 6.12. The summed E-state index contributed by atoms with van der Waals surface area (Å²) in [4.78, 5) is 38.2. The predicted molar refractivity (Wildman–Crippen MR) is 99.1 cm³/mol. The van der Waals surface area contributed by atoms with Crippen LogP contribution < -0.4 is 10.2 Å². The van der Waals surface area contributed by atoms with Gasteiger partial charge < -0.3 is 15.0 Å². The van der Waals surface area contributed by atoms with Crippen LogP contribution in [0.15, 0.2) is 54.6 Å². The van der Waals surface area contributed by atoms with E-state index in [4.69, 9.17) is 10.00 Å². The molecule has 0 saturated heterocycles. The second kappa shape index (κ2) is 9.73. The second-order valence-electron chi connectivity index (χ2n) is 5.58. The van der Waals surface area contributed by atoms with Crippen LogP contribution in [0, 0.1) is 11.3 Å². The SMILES string of the molecule is CN(C(=O)c1ccccc1C(=O)OCC(=O)NCCC#N)c1ccccc1. The van der Waals surface area contributed by atoms with Crippen molar-refractivity contribution in [1.29, 1.82) is 5.26 Å². The number of anilines is 1. The Morgan fingerprint density at radius 1 is 1.04 bits per heavy atom. The normalized spacial score (nSPS) is 9.78. The van der Waals surface area contributed by atoms with Crippen molar-refractivity contribution in [3.63, 3.8) is 0 Å². The molecule has 0 saturated carbocycles. The van der Waals surface area contributed by atoms with E-state index >= 15 is 0 Å². The lowest BCUT2D eigenvalue weighted by Crippen LogP contribution is -2.31. The number of hydrogen-bond donors (Lipinski definition) is 1. The van der Waals surface area contributed by atoms with Gasteiger partial charge in [0.15, 0.2) is 6.61 Å². The standard InChI is InChI=1S/C20H19N3O4/c1-23(15-8-3-2-4-9-15)19(25)16-10-5-6-11-17(16)20(26)27-14-18(24)22-13-7-12-21/h2-6,8-11H,7,13-14H2,1H3,(H,22,24). The molecular formula is C20H19N3O4. The van der Waals surface area contributed by atoms with Gasteiger partial charge in [-0.3, -0.25) is 9.59 Å². The fraction of sp³-hybridized carbons (Fsp3) is 0.200. The summed E-state index contributed by atoms with van der Waals surface area (Å²) in [6.45, 7) is -0.300. The van der Waals surface area contributed by atoms with Crippen molar-refractivity contribution in [1.82, 2.24) is 5.32 Å². The third-order valence-corrected chi connectivity index (χ3v) is 3.72. The van der Waals surface area contributed by atoms with Gasteiger partial charge in [-0.1, -0.05) is 30.3 Å². The molecule has 7 heteroatoms. The van der Waals surface area contributed by atoms with Gasteiger partial charge in [0, 0.05) is 19.3 Å². The maximum Gasteiger partial charge on any atom is 0.339 e. The molecule has 2 aromatic rings. The van der Waals surface area contributed by atoms with E-state index in [9.17, 15) is 14.4 Å². The highest BCUT2D eigenvalue weighted by Crippen LogP contribution is 2.18. The number of carbonyl (C=O) groups excluding carboxylic acids is 3. The van der Waals surface area contributed by atoms with Crippen molar-refractivity contribution in [2.75, 3.05) is 25.1 Å². The molecule has 1 N–H and O–H groups in total. The summed E-state index contributed by atoms with van der Waals surface area (Å²) in [7, 11) is 1.61. The zero-order valence-corrected chi connectivity index (χ0v) is 14.8. The van der Waals surface area contributed by atoms with Gasteiger partial charge in [-0.15, -0.1) is 0 Å². The molecule has 2 aromatic carbocycles. The molecule has 0 aliphatic heterocycles. The Hall–Kier alpha value is -3.66. The van der Waals surface area contributed by atoms with Crippen molar-refractivity contribution in [2.45, 2.75) is 6.42 Å². The fourth-order valence-electron chi connectivity index (χ4n) is 2.31. The minimum atomic E-state index is -0.768. The first-order valence-electron chi connectivity index (χ1n) is 8.27. The van der Waals surface area contributed by atoms with Crippen molar-refractivity contribution >= 4 is 23.5 Å². The average molecular weight is 365 g/mol. The molecular weight excluding hydrogens is 346 g/mol. The Labute approximate surface area is 157 Å². The van der Waals surface area contributed by atoms with Gasteiger partial charge in [0.05, 0.1) is 23.6 Å². The first-order chi connectivity index (χ1) is 13.0. The molecule has 0 spiro atoms. The minimum absolute atomic E-state index is 0.0788. The molecule has 0 aliphatic rings. The Balaban J connectivity index is 2.08. The summed E-state index contributed by atoms with van der Waals surface area (Å²) >= 11 is 0. The second-order valence-corrected chi connectivity index (χ2v) is 5.58. The molecule has 0 bridgehead atoms. The van der Waals surface area contributed by atoms with E-state index in [0.29, 0.717) is 5.69 Å². The molecule has 0 atom stereocenters. The van der Waals surface area contributed by atoms with Crippen LogP contribution in [0.25, 0.3) is 0 Å². The van der Waals surface area contributed by atoms with Gasteiger partial charge >= 0.3 is 5.97 Å². The van der Waals surface area contributed by atoms with Crippen LogP contribution >= 0.6 is 0 Å². The fourth-order valence-corrected chi connectivity index (χ4v) is 2.31. The number of carbonyl (C=O) groups is 3. The highest BCUT2D eigenvalue weighted by atomic mass is 16.5. The van der Waals surface area contributed by atoms with E-state index in [1.165, 1.54) is 17.0 Å². The largest absolute Gasteiger partial charge is 0.452 e. The molecule has 2 rings (SSSR count). The summed E-state index contributed by atoms with van der Waals surface area (Å²) in [6, 6.07) is 17.2. The van der Waals surface area contributed by atoms with E-state index in [-0.39, 0.29) is 30.0 Å². The molecule has 0 unspecified atom stereocenters. The zero-order valence-electron chi connectivity index (χ0n) is 14.8. The Kier molecular flexibility index (Phi) is 7.08. The molecule has 7 nitrogen and oxygen atoms in total. The van der Waals surface area contributed by atoms with Gasteiger partial charge in [0.2, 0.25) is 0 Å². The number of nitrogens with one attached hydrogen (secondary N) is 1. The Morgan fingerprint density at radius 3 is 2.33 bits per heavy atom. The van der Waals surface area contributed by atoms with Crippen molar-refractivity contribution in [2.24, 2.45) is 0 Å². The lowest BCUT2D eigenvalue weighted by molar-refractivity contribution is -0.124. The number of nitrogens with zero attached hydrogens (tertiary/aromatic N) is 2. The van der Waals surface area contributed by atoms with Crippen LogP contribution in [-0.2, 0) is 9.53 Å². The summed E-state index contributed by atoms with van der Waals surface area (Å²) in [5, 5.41) is 10.9. The summed E-state index contributed by atoms with van der Waals surface area (Å²) in [5.74, 6) is -1.65. The van der Waals surface area contributed by atoms with E-state index < -0.39 is 18.5 Å². The number of ether oxygens (including phenoxy) is 1. The van der Waals surface area contributed by atoms with Crippen molar-refractivity contribution in [3.05, 3.63) is 65.7 Å². The Morgan fingerprint density at radius 2 is 1.67 bits per heavy atom. The summed E-state index contributed by atoms with van der Waals surface area (Å²) in [6.07, 6.45) is 0.169. The van der Waals surface area contributed by atoms with Crippen LogP contribution in [0.5, 0.6) is 0 Å². The first kappa shape index (κ1) is 19.7. The van der Waals surface area contributed by atoms with Gasteiger partial charge in [-0.05, 0) is 24.3 Å². The number of benzene rings is 2. The molecule has 0 radical (unpaired) electrons. The smallest absolute Gasteiger partial charge is 0.339 e. The number of para-hydroxylation sites is 1. The van der Waals surface area contributed by atoms with Gasteiger partial charge in [-0.2, -0.15) is 5.26 Å². The van der Waals surface area contributed by atoms with Crippen molar-refractivity contribution in [3.8, 4) is 6.07 Å². The highest BCUT2D eigenvalue weighted by Gasteiger charge is 2.21. The van der Waals surface area contributed by atoms with Gasteiger partial charge in [0.25, 0.3) is 11.8 Å². The molecule has 0 aliphatic carbocycles. The van der Waals surface area contributed by atoms with Gasteiger partial charge in [-0.25, -0.2) is 4.79 Å². The van der Waals surface area contributed by atoms with Crippen LogP contribution in [0.1, 0.15) is 27.1 Å². The molecule has 138 valence electrons. The summed E-state index contributed by atoms with van der Waals surface area (Å²) in [5.41, 5.74) is 0.941. The van der Waals surface area contributed by atoms with Crippen LogP contribution in [0.2, 0.25) is 0 Å². The number of amides is 2. The van der Waals surface area contributed by atoms with Crippen LogP contribution in [-0.4, -0.2) is 38.0 Å². The lowest BCUT2D eigenvalue weighted by Gasteiger charge is -2.18. The zero-order chi connectivity index (χ0) is 19.6. The average Bonchev–Trinajstić information content (AvgIpc) is 2.71. The van der Waals surface area contributed by atoms with E-state index in [1.54, 1.807) is 31.3 Å². The van der Waals surface area contributed by atoms with Crippen LogP contribution in [0.3, 0.4) is 0 Å². The maximum absolute atomic E-state index is 12.8. The molecule has 0 heterocycles. The van der Waals surface area contributed by atoms with Gasteiger partial charge in [0.1, 0.15) is 0 Å². The molecule has 0 aromatic heterocycles. The van der Waals surface area contributed by atoms with E-state index in [0.717, 1.165) is 0 Å². The Bertz CT molecular complexity index is 859. The molecule has 2 amide bonds. The lowest BCUT2D eigenvalue weighted by atomic mass is 10.1. The third kappa shape index (κ3) is 5.41. The number of rotatable bonds is 7. The van der Waals surface area contributed by atoms with Crippen molar-refractivity contribution < 1.29 is 19.1 Å². The first-order valence-corrected chi connectivity index (χ1v) is 8.27. The van der Waals surface area contributed by atoms with E-state index in [1.807, 2.05) is 24.3 Å². The number of hydrogen-bond acceptors (Lipinski definition) is 5. The maximum atomic E-state index is 12.8. The summed E-state index contributed by atoms with van der Waals surface area (Å²) < 4.78 is 4.99. The minimum Gasteiger partial charge on any atom is -0.452 e. The topological polar surface area (TPSA) is 99.5 Å².